The van der Waals surface area contributed by atoms with E-state index in [1.807, 2.05) is 6.07 Å². The number of hydrogen-bond donors (Lipinski definition) is 0. The zero-order chi connectivity index (χ0) is 18.0. The fourth-order valence-electron chi connectivity index (χ4n) is 3.18. The third-order valence-electron chi connectivity index (χ3n) is 4.31. The molecule has 0 bridgehead atoms. The van der Waals surface area contributed by atoms with Crippen LogP contribution < -0.4 is 4.74 Å². The van der Waals surface area contributed by atoms with Crippen LogP contribution in [-0.2, 0) is 6.42 Å². The molecule has 0 saturated carbocycles. The van der Waals surface area contributed by atoms with Crippen LogP contribution in [0, 0.1) is 5.82 Å². The van der Waals surface area contributed by atoms with Crippen LogP contribution >= 0.6 is 0 Å². The maximum Gasteiger partial charge on any atom is 0.573 e. The minimum Gasteiger partial charge on any atom is -0.406 e. The number of benzene rings is 2. The molecule has 0 aliphatic heterocycles. The van der Waals surface area contributed by atoms with E-state index in [0.717, 1.165) is 24.8 Å². The molecule has 0 unspecified atom stereocenters. The van der Waals surface area contributed by atoms with E-state index in [9.17, 15) is 17.6 Å². The summed E-state index contributed by atoms with van der Waals surface area (Å²) in [5.74, 6) is -0.615. The summed E-state index contributed by atoms with van der Waals surface area (Å²) in [4.78, 5) is 0. The van der Waals surface area contributed by atoms with E-state index in [-0.39, 0.29) is 11.6 Å². The highest BCUT2D eigenvalue weighted by atomic mass is 19.4. The summed E-state index contributed by atoms with van der Waals surface area (Å²) in [7, 11) is 0. The number of ether oxygens (including phenoxy) is 1. The molecule has 0 fully saturated rings. The Hall–Kier alpha value is -2.30. The Labute approximate surface area is 143 Å². The van der Waals surface area contributed by atoms with Crippen molar-refractivity contribution in [2.45, 2.75) is 39.0 Å². The van der Waals surface area contributed by atoms with Gasteiger partial charge >= 0.3 is 6.36 Å². The first-order chi connectivity index (χ1) is 11.9. The fraction of sp³-hybridized carbons (Fsp3) is 0.300. The van der Waals surface area contributed by atoms with E-state index >= 15 is 0 Å². The van der Waals surface area contributed by atoms with Crippen LogP contribution in [0.4, 0.5) is 17.6 Å². The van der Waals surface area contributed by atoms with Gasteiger partial charge in [0.05, 0.1) is 0 Å². The van der Waals surface area contributed by atoms with Gasteiger partial charge in [-0.1, -0.05) is 49.3 Å². The Morgan fingerprint density at radius 2 is 1.72 bits per heavy atom. The molecule has 1 aliphatic carbocycles. The Bertz CT molecular complexity index is 789. The van der Waals surface area contributed by atoms with Gasteiger partial charge < -0.3 is 4.74 Å². The molecule has 2 aromatic rings. The zero-order valence-corrected chi connectivity index (χ0v) is 13.8. The van der Waals surface area contributed by atoms with Crippen molar-refractivity contribution in [3.8, 4) is 16.9 Å². The van der Waals surface area contributed by atoms with E-state index in [1.165, 1.54) is 29.8 Å². The van der Waals surface area contributed by atoms with Gasteiger partial charge in [0.25, 0.3) is 0 Å². The maximum atomic E-state index is 14.9. The number of allylic oxidation sites excluding steroid dienone is 1. The van der Waals surface area contributed by atoms with Gasteiger partial charge in [-0.25, -0.2) is 4.39 Å². The second-order valence-corrected chi connectivity index (χ2v) is 6.12. The van der Waals surface area contributed by atoms with Crippen molar-refractivity contribution in [3.63, 3.8) is 0 Å². The van der Waals surface area contributed by atoms with Crippen LogP contribution in [0.15, 0.2) is 42.0 Å². The first-order valence-electron chi connectivity index (χ1n) is 8.24. The molecule has 1 nitrogen and oxygen atoms in total. The van der Waals surface area contributed by atoms with Gasteiger partial charge in [0.15, 0.2) is 0 Å². The molecule has 5 heteroatoms. The lowest BCUT2D eigenvalue weighted by atomic mass is 9.87. The van der Waals surface area contributed by atoms with Gasteiger partial charge in [-0.05, 0) is 48.1 Å². The maximum absolute atomic E-state index is 14.9. The second kappa shape index (κ2) is 6.90. The average Bonchev–Trinajstić information content (AvgIpc) is 2.55. The van der Waals surface area contributed by atoms with Gasteiger partial charge in [0.2, 0.25) is 0 Å². The standard InChI is InChI=1S/C20H18F4O/c1-2-3-13-4-10-18-15(12-13)7-11-17(19(18)21)14-5-8-16(9-6-14)25-20(22,23)24/h5-9,11-12H,2-4,10H2,1H3. The molecule has 1 aliphatic rings. The summed E-state index contributed by atoms with van der Waals surface area (Å²) in [6.07, 6.45) is 0.893. The van der Waals surface area contributed by atoms with Crippen molar-refractivity contribution in [2.75, 3.05) is 0 Å². The van der Waals surface area contributed by atoms with Crippen LogP contribution in [0.1, 0.15) is 37.3 Å². The van der Waals surface area contributed by atoms with E-state index in [4.69, 9.17) is 0 Å². The molecule has 0 radical (unpaired) electrons. The molecule has 0 amide bonds. The molecule has 2 aromatic carbocycles. The molecule has 0 N–H and O–H groups in total. The SMILES string of the molecule is CCCC1=Cc2ccc(-c3ccc(OC(F)(F)F)cc3)c(F)c2CC1. The minimum absolute atomic E-state index is 0.297. The lowest BCUT2D eigenvalue weighted by molar-refractivity contribution is -0.274. The summed E-state index contributed by atoms with van der Waals surface area (Å²) in [6, 6.07) is 8.82. The normalized spacial score (nSPS) is 14.0. The van der Waals surface area contributed by atoms with Gasteiger partial charge in [-0.2, -0.15) is 0 Å². The average molecular weight is 350 g/mol. The summed E-state index contributed by atoms with van der Waals surface area (Å²) >= 11 is 0. The predicted molar refractivity (Wildman–Crippen MR) is 89.7 cm³/mol. The largest absolute Gasteiger partial charge is 0.573 e. The van der Waals surface area contributed by atoms with Crippen LogP contribution in [0.3, 0.4) is 0 Å². The fourth-order valence-corrected chi connectivity index (χ4v) is 3.18. The first-order valence-corrected chi connectivity index (χ1v) is 8.24. The summed E-state index contributed by atoms with van der Waals surface area (Å²) < 4.78 is 55.4. The van der Waals surface area contributed by atoms with Crippen LogP contribution in [0.25, 0.3) is 17.2 Å². The molecule has 3 rings (SSSR count). The van der Waals surface area contributed by atoms with E-state index in [0.29, 0.717) is 23.1 Å². The minimum atomic E-state index is -4.74. The lowest BCUT2D eigenvalue weighted by Crippen LogP contribution is -2.16. The van der Waals surface area contributed by atoms with Crippen molar-refractivity contribution in [1.82, 2.24) is 0 Å². The topological polar surface area (TPSA) is 9.23 Å². The number of halogens is 4. The molecule has 0 aromatic heterocycles. The molecular weight excluding hydrogens is 332 g/mol. The first kappa shape index (κ1) is 17.5. The van der Waals surface area contributed by atoms with Crippen molar-refractivity contribution in [2.24, 2.45) is 0 Å². The van der Waals surface area contributed by atoms with Crippen molar-refractivity contribution in [3.05, 3.63) is 58.9 Å². The van der Waals surface area contributed by atoms with Gasteiger partial charge in [-0.3, -0.25) is 0 Å². The van der Waals surface area contributed by atoms with Gasteiger partial charge in [0.1, 0.15) is 11.6 Å². The molecule has 25 heavy (non-hydrogen) atoms. The van der Waals surface area contributed by atoms with Crippen LogP contribution in [0.5, 0.6) is 5.75 Å². The highest BCUT2D eigenvalue weighted by Gasteiger charge is 2.31. The molecule has 132 valence electrons. The Morgan fingerprint density at radius 3 is 2.36 bits per heavy atom. The van der Waals surface area contributed by atoms with Crippen LogP contribution in [-0.4, -0.2) is 6.36 Å². The van der Waals surface area contributed by atoms with Crippen molar-refractivity contribution in [1.29, 1.82) is 0 Å². The highest BCUT2D eigenvalue weighted by molar-refractivity contribution is 5.71. The third-order valence-corrected chi connectivity index (χ3v) is 4.31. The Balaban J connectivity index is 1.89. The summed E-state index contributed by atoms with van der Waals surface area (Å²) in [6.45, 7) is 2.12. The molecule has 0 heterocycles. The van der Waals surface area contributed by atoms with E-state index in [1.54, 1.807) is 6.07 Å². The number of alkyl halides is 3. The predicted octanol–water partition coefficient (Wildman–Crippen LogP) is 6.52. The molecule has 0 saturated heterocycles. The molecule has 0 atom stereocenters. The summed E-state index contributed by atoms with van der Waals surface area (Å²) in [5.41, 5.74) is 3.82. The summed E-state index contributed by atoms with van der Waals surface area (Å²) in [5, 5.41) is 0. The number of hydrogen-bond acceptors (Lipinski definition) is 1. The highest BCUT2D eigenvalue weighted by Crippen LogP contribution is 2.34. The van der Waals surface area contributed by atoms with Crippen molar-refractivity contribution < 1.29 is 22.3 Å². The smallest absolute Gasteiger partial charge is 0.406 e. The number of fused-ring (bicyclic) bond motifs is 1. The molecular formula is C20H18F4O. The molecule has 0 spiro atoms. The zero-order valence-electron chi connectivity index (χ0n) is 13.8. The van der Waals surface area contributed by atoms with Gasteiger partial charge in [0, 0.05) is 5.56 Å². The second-order valence-electron chi connectivity index (χ2n) is 6.12. The van der Waals surface area contributed by atoms with Crippen LogP contribution in [0.2, 0.25) is 0 Å². The lowest BCUT2D eigenvalue weighted by Gasteiger charge is -2.19. The Morgan fingerprint density at radius 1 is 1.00 bits per heavy atom. The quantitative estimate of drug-likeness (QED) is 0.570. The monoisotopic (exact) mass is 350 g/mol. The number of rotatable bonds is 4. The van der Waals surface area contributed by atoms with E-state index < -0.39 is 6.36 Å². The van der Waals surface area contributed by atoms with Crippen molar-refractivity contribution >= 4 is 6.08 Å². The third kappa shape index (κ3) is 4.03. The van der Waals surface area contributed by atoms with Gasteiger partial charge in [-0.15, -0.1) is 13.2 Å². The Kier molecular flexibility index (Phi) is 4.84. The van der Waals surface area contributed by atoms with E-state index in [2.05, 4.69) is 17.7 Å².